The highest BCUT2D eigenvalue weighted by molar-refractivity contribution is 5.76. The number of hydrogen-bond donors (Lipinski definition) is 1. The molecule has 1 amide bonds. The Morgan fingerprint density at radius 3 is 2.81 bits per heavy atom. The van der Waals surface area contributed by atoms with Gasteiger partial charge in [0.25, 0.3) is 0 Å². The zero-order chi connectivity index (χ0) is 15.1. The molecule has 0 aromatic rings. The van der Waals surface area contributed by atoms with Crippen molar-refractivity contribution in [1.82, 2.24) is 15.1 Å². The Morgan fingerprint density at radius 1 is 1.24 bits per heavy atom. The van der Waals surface area contributed by atoms with E-state index in [4.69, 9.17) is 4.74 Å². The normalized spacial score (nSPS) is 24.5. The number of amides is 1. The number of carbonyl (C=O) groups is 1. The molecule has 0 bridgehead atoms. The fraction of sp³-hybridized carbons (Fsp3) is 0.938. The summed E-state index contributed by atoms with van der Waals surface area (Å²) in [5.74, 6) is 0.294. The first-order chi connectivity index (χ1) is 10.1. The Bertz CT molecular complexity index is 317. The third-order valence-corrected chi connectivity index (χ3v) is 4.32. The van der Waals surface area contributed by atoms with Crippen LogP contribution in [0.15, 0.2) is 0 Å². The van der Waals surface area contributed by atoms with Crippen LogP contribution in [-0.2, 0) is 9.53 Å². The van der Waals surface area contributed by atoms with Crippen molar-refractivity contribution in [2.24, 2.45) is 0 Å². The van der Waals surface area contributed by atoms with E-state index in [-0.39, 0.29) is 0 Å². The summed E-state index contributed by atoms with van der Waals surface area (Å²) in [5.41, 5.74) is 0. The van der Waals surface area contributed by atoms with E-state index >= 15 is 0 Å². The van der Waals surface area contributed by atoms with E-state index < -0.39 is 0 Å². The predicted molar refractivity (Wildman–Crippen MR) is 84.4 cm³/mol. The summed E-state index contributed by atoms with van der Waals surface area (Å²) in [6.45, 7) is 10.8. The van der Waals surface area contributed by atoms with Crippen LogP contribution < -0.4 is 5.32 Å². The maximum absolute atomic E-state index is 12.2. The standard InChI is InChI=1S/C16H31N3O2/c1-14(2)17-7-6-16(20)19-9-4-8-18(10-11-19)13-15-5-3-12-21-15/h14-15,17H,3-13H2,1-2H3. The first kappa shape index (κ1) is 16.7. The molecule has 2 heterocycles. The van der Waals surface area contributed by atoms with Crippen molar-refractivity contribution >= 4 is 5.91 Å². The summed E-state index contributed by atoms with van der Waals surface area (Å²) in [6.07, 6.45) is 4.51. The van der Waals surface area contributed by atoms with E-state index in [1.165, 1.54) is 12.8 Å². The lowest BCUT2D eigenvalue weighted by Crippen LogP contribution is -2.38. The van der Waals surface area contributed by atoms with Crippen molar-refractivity contribution in [1.29, 1.82) is 0 Å². The SMILES string of the molecule is CC(C)NCCC(=O)N1CCCN(CC2CCCO2)CC1. The van der Waals surface area contributed by atoms with E-state index in [0.29, 0.717) is 24.5 Å². The molecule has 0 aromatic carbocycles. The molecular formula is C16H31N3O2. The van der Waals surface area contributed by atoms with Gasteiger partial charge in [-0.3, -0.25) is 9.69 Å². The molecule has 2 saturated heterocycles. The fourth-order valence-electron chi connectivity index (χ4n) is 3.11. The van der Waals surface area contributed by atoms with Crippen molar-refractivity contribution < 1.29 is 9.53 Å². The van der Waals surface area contributed by atoms with Gasteiger partial charge in [0.1, 0.15) is 0 Å². The van der Waals surface area contributed by atoms with Crippen LogP contribution in [0.5, 0.6) is 0 Å². The Kier molecular flexibility index (Phi) is 6.93. The highest BCUT2D eigenvalue weighted by Crippen LogP contribution is 2.14. The quantitative estimate of drug-likeness (QED) is 0.797. The highest BCUT2D eigenvalue weighted by Gasteiger charge is 2.23. The first-order valence-electron chi connectivity index (χ1n) is 8.50. The monoisotopic (exact) mass is 297 g/mol. The molecule has 2 aliphatic heterocycles. The Hall–Kier alpha value is -0.650. The number of nitrogens with one attached hydrogen (secondary N) is 1. The smallest absolute Gasteiger partial charge is 0.223 e. The molecule has 0 aromatic heterocycles. The minimum Gasteiger partial charge on any atom is -0.377 e. The van der Waals surface area contributed by atoms with Gasteiger partial charge >= 0.3 is 0 Å². The average Bonchev–Trinajstić information content (AvgIpc) is 2.83. The lowest BCUT2D eigenvalue weighted by molar-refractivity contribution is -0.131. The van der Waals surface area contributed by atoms with Crippen molar-refractivity contribution in [3.8, 4) is 0 Å². The third kappa shape index (κ3) is 5.93. The van der Waals surface area contributed by atoms with Gasteiger partial charge in [0.15, 0.2) is 0 Å². The summed E-state index contributed by atoms with van der Waals surface area (Å²) in [4.78, 5) is 16.7. The van der Waals surface area contributed by atoms with Gasteiger partial charge in [0.05, 0.1) is 6.10 Å². The largest absolute Gasteiger partial charge is 0.377 e. The van der Waals surface area contributed by atoms with Crippen LogP contribution in [0.4, 0.5) is 0 Å². The molecule has 5 nitrogen and oxygen atoms in total. The van der Waals surface area contributed by atoms with Gasteiger partial charge in [0.2, 0.25) is 5.91 Å². The molecule has 0 saturated carbocycles. The van der Waals surface area contributed by atoms with E-state index in [2.05, 4.69) is 24.1 Å². The number of carbonyl (C=O) groups excluding carboxylic acids is 1. The Balaban J connectivity index is 1.68. The van der Waals surface area contributed by atoms with E-state index in [1.807, 2.05) is 4.90 Å². The summed E-state index contributed by atoms with van der Waals surface area (Å²) < 4.78 is 5.72. The van der Waals surface area contributed by atoms with Crippen LogP contribution in [0.3, 0.4) is 0 Å². The number of rotatable bonds is 6. The maximum Gasteiger partial charge on any atom is 0.223 e. The van der Waals surface area contributed by atoms with Crippen molar-refractivity contribution in [2.45, 2.75) is 51.7 Å². The van der Waals surface area contributed by atoms with Crippen molar-refractivity contribution in [3.05, 3.63) is 0 Å². The molecule has 1 atom stereocenters. The van der Waals surface area contributed by atoms with Crippen molar-refractivity contribution in [3.63, 3.8) is 0 Å². The zero-order valence-electron chi connectivity index (χ0n) is 13.6. The van der Waals surface area contributed by atoms with Crippen LogP contribution >= 0.6 is 0 Å². The third-order valence-electron chi connectivity index (χ3n) is 4.32. The lowest BCUT2D eigenvalue weighted by Gasteiger charge is -2.24. The molecule has 2 aliphatic rings. The average molecular weight is 297 g/mol. The van der Waals surface area contributed by atoms with E-state index in [9.17, 15) is 4.79 Å². The maximum atomic E-state index is 12.2. The van der Waals surface area contributed by atoms with Crippen LogP contribution in [-0.4, -0.2) is 73.7 Å². The molecule has 2 fully saturated rings. The van der Waals surface area contributed by atoms with E-state index in [0.717, 1.165) is 52.3 Å². The molecule has 0 spiro atoms. The predicted octanol–water partition coefficient (Wildman–Crippen LogP) is 1.09. The van der Waals surface area contributed by atoms with Crippen LogP contribution in [0.2, 0.25) is 0 Å². The highest BCUT2D eigenvalue weighted by atomic mass is 16.5. The van der Waals surface area contributed by atoms with Crippen LogP contribution in [0, 0.1) is 0 Å². The molecule has 21 heavy (non-hydrogen) atoms. The first-order valence-corrected chi connectivity index (χ1v) is 8.50. The second-order valence-electron chi connectivity index (χ2n) is 6.53. The Labute approximate surface area is 129 Å². The zero-order valence-corrected chi connectivity index (χ0v) is 13.6. The molecule has 1 N–H and O–H groups in total. The second kappa shape index (κ2) is 8.71. The second-order valence-corrected chi connectivity index (χ2v) is 6.53. The Morgan fingerprint density at radius 2 is 2.10 bits per heavy atom. The van der Waals surface area contributed by atoms with Gasteiger partial charge in [-0.15, -0.1) is 0 Å². The molecule has 5 heteroatoms. The lowest BCUT2D eigenvalue weighted by atomic mass is 10.2. The minimum atomic E-state index is 0.294. The molecule has 122 valence electrons. The number of nitrogens with zero attached hydrogens (tertiary/aromatic N) is 2. The summed E-state index contributed by atoms with van der Waals surface area (Å²) in [6, 6.07) is 0.448. The van der Waals surface area contributed by atoms with Gasteiger partial charge in [0, 0.05) is 51.8 Å². The summed E-state index contributed by atoms with van der Waals surface area (Å²) in [5, 5.41) is 3.31. The van der Waals surface area contributed by atoms with Crippen LogP contribution in [0.1, 0.15) is 39.5 Å². The molecule has 2 rings (SSSR count). The van der Waals surface area contributed by atoms with Gasteiger partial charge < -0.3 is 15.0 Å². The van der Waals surface area contributed by atoms with Crippen molar-refractivity contribution in [2.75, 3.05) is 45.9 Å². The fourth-order valence-corrected chi connectivity index (χ4v) is 3.11. The van der Waals surface area contributed by atoms with Gasteiger partial charge in [-0.25, -0.2) is 0 Å². The molecular weight excluding hydrogens is 266 g/mol. The number of hydrogen-bond acceptors (Lipinski definition) is 4. The van der Waals surface area contributed by atoms with Gasteiger partial charge in [-0.1, -0.05) is 13.8 Å². The molecule has 0 aliphatic carbocycles. The summed E-state index contributed by atoms with van der Waals surface area (Å²) >= 11 is 0. The number of ether oxygens (including phenoxy) is 1. The summed E-state index contributed by atoms with van der Waals surface area (Å²) in [7, 11) is 0. The van der Waals surface area contributed by atoms with Crippen LogP contribution in [0.25, 0.3) is 0 Å². The molecule has 0 radical (unpaired) electrons. The topological polar surface area (TPSA) is 44.8 Å². The van der Waals surface area contributed by atoms with Gasteiger partial charge in [-0.2, -0.15) is 0 Å². The van der Waals surface area contributed by atoms with E-state index in [1.54, 1.807) is 0 Å². The molecule has 1 unspecified atom stereocenters. The van der Waals surface area contributed by atoms with Gasteiger partial charge in [-0.05, 0) is 25.8 Å². The minimum absolute atomic E-state index is 0.294.